The molecule has 0 heterocycles. The summed E-state index contributed by atoms with van der Waals surface area (Å²) in [6.07, 6.45) is -1.08. The van der Waals surface area contributed by atoms with Crippen molar-refractivity contribution in [2.45, 2.75) is 13.0 Å². The molecule has 0 aliphatic heterocycles. The minimum Gasteiger partial charge on any atom is -0.449 e. The average Bonchev–Trinajstić information content (AvgIpc) is 2.61. The first kappa shape index (κ1) is 17.2. The lowest BCUT2D eigenvalue weighted by Gasteiger charge is -2.19. The Labute approximate surface area is 139 Å². The summed E-state index contributed by atoms with van der Waals surface area (Å²) in [5.41, 5.74) is 6.05. The number of hydrogen-bond donors (Lipinski definition) is 1. The first-order valence-corrected chi connectivity index (χ1v) is 7.34. The third-order valence-electron chi connectivity index (χ3n) is 3.51. The third kappa shape index (κ3) is 3.78. The van der Waals surface area contributed by atoms with Gasteiger partial charge in [-0.1, -0.05) is 30.3 Å². The molecule has 6 heteroatoms. The van der Waals surface area contributed by atoms with Crippen molar-refractivity contribution in [2.24, 2.45) is 5.73 Å². The maximum atomic E-state index is 12.7. The Morgan fingerprint density at radius 1 is 0.958 bits per heavy atom. The summed E-state index contributed by atoms with van der Waals surface area (Å²) in [5, 5.41) is 0. The van der Waals surface area contributed by atoms with E-state index in [4.69, 9.17) is 10.5 Å². The molecule has 2 rings (SSSR count). The second-order valence-electron chi connectivity index (χ2n) is 5.20. The van der Waals surface area contributed by atoms with Crippen LogP contribution in [0.15, 0.2) is 54.6 Å². The largest absolute Gasteiger partial charge is 0.449 e. The van der Waals surface area contributed by atoms with E-state index < -0.39 is 18.0 Å². The number of benzene rings is 2. The van der Waals surface area contributed by atoms with Crippen LogP contribution in [0.3, 0.4) is 0 Å². The summed E-state index contributed by atoms with van der Waals surface area (Å²) in [7, 11) is 1.62. The molecule has 0 saturated heterocycles. The molecule has 0 aromatic heterocycles. The fraction of sp³-hybridized carbons (Fsp3) is 0.167. The predicted octanol–water partition coefficient (Wildman–Crippen LogP) is 1.99. The van der Waals surface area contributed by atoms with Gasteiger partial charge in [-0.25, -0.2) is 4.79 Å². The lowest BCUT2D eigenvalue weighted by Crippen LogP contribution is -2.32. The van der Waals surface area contributed by atoms with E-state index in [-0.39, 0.29) is 17.0 Å². The lowest BCUT2D eigenvalue weighted by molar-refractivity contribution is -0.125. The van der Waals surface area contributed by atoms with Gasteiger partial charge in [-0.3, -0.25) is 9.59 Å². The van der Waals surface area contributed by atoms with Crippen molar-refractivity contribution in [3.8, 4) is 0 Å². The number of carbonyl (C=O) groups excluding carboxylic acids is 3. The smallest absolute Gasteiger partial charge is 0.339 e. The lowest BCUT2D eigenvalue weighted by atomic mass is 10.1. The number of amides is 2. The summed E-state index contributed by atoms with van der Waals surface area (Å²) in [6.45, 7) is 1.38. The van der Waals surface area contributed by atoms with Gasteiger partial charge in [0.2, 0.25) is 0 Å². The van der Waals surface area contributed by atoms with E-state index in [2.05, 4.69) is 0 Å². The number of hydrogen-bond acceptors (Lipinski definition) is 4. The molecule has 0 aliphatic carbocycles. The topological polar surface area (TPSA) is 89.7 Å². The quantitative estimate of drug-likeness (QED) is 0.851. The molecule has 0 aliphatic rings. The first-order chi connectivity index (χ1) is 11.4. The van der Waals surface area contributed by atoms with Crippen molar-refractivity contribution in [3.63, 3.8) is 0 Å². The number of nitrogens with zero attached hydrogens (tertiary/aromatic N) is 1. The molecule has 2 amide bonds. The number of para-hydroxylation sites is 1. The molecule has 2 N–H and O–H groups in total. The van der Waals surface area contributed by atoms with E-state index in [9.17, 15) is 14.4 Å². The fourth-order valence-corrected chi connectivity index (χ4v) is 2.08. The van der Waals surface area contributed by atoms with Gasteiger partial charge in [0.1, 0.15) is 0 Å². The van der Waals surface area contributed by atoms with Crippen LogP contribution >= 0.6 is 0 Å². The van der Waals surface area contributed by atoms with Crippen LogP contribution in [0.5, 0.6) is 0 Å². The van der Waals surface area contributed by atoms with Crippen molar-refractivity contribution >= 4 is 23.5 Å². The van der Waals surface area contributed by atoms with E-state index in [1.165, 1.54) is 24.0 Å². The molecule has 0 saturated carbocycles. The number of esters is 1. The SMILES string of the molecule is C[C@H](OC(=O)c1ccccc1C(=O)N(C)c1ccccc1)C(N)=O. The Hall–Kier alpha value is -3.15. The summed E-state index contributed by atoms with van der Waals surface area (Å²) in [6, 6.07) is 15.3. The molecule has 0 spiro atoms. The second-order valence-corrected chi connectivity index (χ2v) is 5.20. The van der Waals surface area contributed by atoms with Crippen molar-refractivity contribution in [1.29, 1.82) is 0 Å². The van der Waals surface area contributed by atoms with Gasteiger partial charge in [0, 0.05) is 12.7 Å². The van der Waals surface area contributed by atoms with Crippen LogP contribution in [0.25, 0.3) is 0 Å². The highest BCUT2D eigenvalue weighted by Gasteiger charge is 2.23. The molecule has 0 bridgehead atoms. The van der Waals surface area contributed by atoms with E-state index in [0.29, 0.717) is 5.69 Å². The number of nitrogens with two attached hydrogens (primary N) is 1. The average molecular weight is 326 g/mol. The Bertz CT molecular complexity index is 759. The van der Waals surface area contributed by atoms with E-state index in [0.717, 1.165) is 0 Å². The molecule has 0 radical (unpaired) electrons. The van der Waals surface area contributed by atoms with E-state index >= 15 is 0 Å². The zero-order valence-corrected chi connectivity index (χ0v) is 13.4. The fourth-order valence-electron chi connectivity index (χ4n) is 2.08. The van der Waals surface area contributed by atoms with Crippen molar-refractivity contribution in [3.05, 3.63) is 65.7 Å². The van der Waals surface area contributed by atoms with E-state index in [1.54, 1.807) is 31.3 Å². The monoisotopic (exact) mass is 326 g/mol. The first-order valence-electron chi connectivity index (χ1n) is 7.34. The van der Waals surface area contributed by atoms with Crippen molar-refractivity contribution in [2.75, 3.05) is 11.9 Å². The highest BCUT2D eigenvalue weighted by atomic mass is 16.5. The Balaban J connectivity index is 2.30. The summed E-state index contributed by atoms with van der Waals surface area (Å²) < 4.78 is 4.99. The third-order valence-corrected chi connectivity index (χ3v) is 3.51. The van der Waals surface area contributed by atoms with Crippen molar-refractivity contribution in [1.82, 2.24) is 0 Å². The van der Waals surface area contributed by atoms with Gasteiger partial charge in [0.25, 0.3) is 11.8 Å². The minimum absolute atomic E-state index is 0.0818. The maximum absolute atomic E-state index is 12.7. The number of carbonyl (C=O) groups is 3. The molecule has 2 aromatic carbocycles. The zero-order valence-electron chi connectivity index (χ0n) is 13.4. The zero-order chi connectivity index (χ0) is 17.7. The van der Waals surface area contributed by atoms with Crippen LogP contribution in [-0.2, 0) is 9.53 Å². The van der Waals surface area contributed by atoms with Gasteiger partial charge in [0.15, 0.2) is 6.10 Å². The Kier molecular flexibility index (Phi) is 5.31. The molecule has 0 unspecified atom stereocenters. The van der Waals surface area contributed by atoms with Crippen LogP contribution < -0.4 is 10.6 Å². The number of primary amides is 1. The molecular weight excluding hydrogens is 308 g/mol. The van der Waals surface area contributed by atoms with Crippen molar-refractivity contribution < 1.29 is 19.1 Å². The molecule has 24 heavy (non-hydrogen) atoms. The molecule has 6 nitrogen and oxygen atoms in total. The highest BCUT2D eigenvalue weighted by molar-refractivity contribution is 6.12. The summed E-state index contributed by atoms with van der Waals surface area (Å²) in [4.78, 5) is 37.4. The second kappa shape index (κ2) is 7.41. The van der Waals surface area contributed by atoms with Gasteiger partial charge < -0.3 is 15.4 Å². The Morgan fingerprint density at radius 3 is 2.08 bits per heavy atom. The number of rotatable bonds is 5. The summed E-state index contributed by atoms with van der Waals surface area (Å²) >= 11 is 0. The van der Waals surface area contributed by atoms with Crippen LogP contribution in [0.4, 0.5) is 5.69 Å². The Morgan fingerprint density at radius 2 is 1.50 bits per heavy atom. The van der Waals surface area contributed by atoms with Gasteiger partial charge in [-0.05, 0) is 31.2 Å². The summed E-state index contributed by atoms with van der Waals surface area (Å²) in [5.74, 6) is -1.89. The normalized spacial score (nSPS) is 11.4. The minimum atomic E-state index is -1.08. The molecule has 124 valence electrons. The number of anilines is 1. The molecule has 1 atom stereocenters. The number of ether oxygens (including phenoxy) is 1. The molecule has 0 fully saturated rings. The standard InChI is InChI=1S/C18H18N2O4/c1-12(16(19)21)24-18(23)15-11-7-6-10-14(15)17(22)20(2)13-8-4-3-5-9-13/h3-12H,1-2H3,(H2,19,21)/t12-/m0/s1. The van der Waals surface area contributed by atoms with Crippen LogP contribution in [0, 0.1) is 0 Å². The van der Waals surface area contributed by atoms with Gasteiger partial charge in [-0.15, -0.1) is 0 Å². The van der Waals surface area contributed by atoms with Gasteiger partial charge >= 0.3 is 5.97 Å². The molecular formula is C18H18N2O4. The maximum Gasteiger partial charge on any atom is 0.339 e. The predicted molar refractivity (Wildman–Crippen MR) is 89.7 cm³/mol. The van der Waals surface area contributed by atoms with Gasteiger partial charge in [-0.2, -0.15) is 0 Å². The van der Waals surface area contributed by atoms with E-state index in [1.807, 2.05) is 18.2 Å². The van der Waals surface area contributed by atoms with Crippen LogP contribution in [0.1, 0.15) is 27.6 Å². The van der Waals surface area contributed by atoms with Crippen LogP contribution in [0.2, 0.25) is 0 Å². The highest BCUT2D eigenvalue weighted by Crippen LogP contribution is 2.18. The molecule has 2 aromatic rings. The van der Waals surface area contributed by atoms with Crippen LogP contribution in [-0.4, -0.2) is 30.9 Å². The van der Waals surface area contributed by atoms with Gasteiger partial charge in [0.05, 0.1) is 11.1 Å².